The van der Waals surface area contributed by atoms with Gasteiger partial charge in [-0.25, -0.2) is 14.6 Å². The standard InChI is InChI=1S/C18H14F3N5O/c1-27-13-7-5-12(6-8-13)10-26-16(23-17(24-26)18(19,20)21)14-11-25-9-3-2-4-15(25)22-14/h2-9,11H,10H2,1H3. The third-order valence-corrected chi connectivity index (χ3v) is 4.01. The second kappa shape index (κ2) is 6.42. The zero-order valence-corrected chi connectivity index (χ0v) is 14.2. The highest BCUT2D eigenvalue weighted by Crippen LogP contribution is 2.29. The fraction of sp³-hybridized carbons (Fsp3) is 0.167. The molecule has 0 radical (unpaired) electrons. The Morgan fingerprint density at radius 2 is 1.81 bits per heavy atom. The van der Waals surface area contributed by atoms with Crippen molar-refractivity contribution in [1.29, 1.82) is 0 Å². The maximum Gasteiger partial charge on any atom is 0.453 e. The van der Waals surface area contributed by atoms with Crippen molar-refractivity contribution >= 4 is 5.65 Å². The molecule has 0 spiro atoms. The highest BCUT2D eigenvalue weighted by atomic mass is 19.4. The molecule has 3 aromatic heterocycles. The van der Waals surface area contributed by atoms with Crippen molar-refractivity contribution in [1.82, 2.24) is 24.1 Å². The molecule has 0 aliphatic heterocycles. The molecule has 27 heavy (non-hydrogen) atoms. The van der Waals surface area contributed by atoms with Gasteiger partial charge in [-0.15, -0.1) is 5.10 Å². The summed E-state index contributed by atoms with van der Waals surface area (Å²) in [5.41, 5.74) is 1.69. The van der Waals surface area contributed by atoms with Crippen LogP contribution in [-0.4, -0.2) is 31.3 Å². The van der Waals surface area contributed by atoms with Gasteiger partial charge in [-0.1, -0.05) is 18.2 Å². The first kappa shape index (κ1) is 17.1. The minimum atomic E-state index is -4.64. The molecule has 0 amide bonds. The number of pyridine rings is 1. The number of nitrogens with zero attached hydrogens (tertiary/aromatic N) is 5. The van der Waals surface area contributed by atoms with E-state index in [0.29, 0.717) is 17.1 Å². The van der Waals surface area contributed by atoms with Crippen molar-refractivity contribution in [2.45, 2.75) is 12.7 Å². The number of aromatic nitrogens is 5. The maximum absolute atomic E-state index is 13.2. The number of ether oxygens (including phenoxy) is 1. The maximum atomic E-state index is 13.2. The first-order chi connectivity index (χ1) is 12.9. The van der Waals surface area contributed by atoms with Gasteiger partial charge in [0.25, 0.3) is 5.82 Å². The quantitative estimate of drug-likeness (QED) is 0.548. The Hall–Kier alpha value is -3.36. The van der Waals surface area contributed by atoms with E-state index in [-0.39, 0.29) is 12.4 Å². The van der Waals surface area contributed by atoms with Crippen LogP contribution in [0.1, 0.15) is 11.4 Å². The number of halogens is 3. The molecule has 4 rings (SSSR count). The van der Waals surface area contributed by atoms with Crippen LogP contribution in [0, 0.1) is 0 Å². The molecule has 0 aliphatic carbocycles. The Bertz CT molecular complexity index is 1050. The predicted molar refractivity (Wildman–Crippen MR) is 91.3 cm³/mol. The minimum absolute atomic E-state index is 0.0573. The fourth-order valence-electron chi connectivity index (χ4n) is 2.71. The van der Waals surface area contributed by atoms with Crippen LogP contribution in [-0.2, 0) is 12.7 Å². The molecule has 0 bridgehead atoms. The lowest BCUT2D eigenvalue weighted by Gasteiger charge is -2.06. The lowest BCUT2D eigenvalue weighted by Crippen LogP contribution is -2.09. The van der Waals surface area contributed by atoms with Crippen molar-refractivity contribution < 1.29 is 17.9 Å². The average molecular weight is 373 g/mol. The average Bonchev–Trinajstić information content (AvgIpc) is 3.25. The Kier molecular flexibility index (Phi) is 4.06. The Labute approximate surface area is 151 Å². The summed E-state index contributed by atoms with van der Waals surface area (Å²) in [5.74, 6) is -0.473. The molecular weight excluding hydrogens is 359 g/mol. The molecule has 4 aromatic rings. The highest BCUT2D eigenvalue weighted by Gasteiger charge is 2.37. The number of imidazole rings is 1. The Balaban J connectivity index is 1.78. The predicted octanol–water partition coefficient (Wildman–Crippen LogP) is 3.67. The summed E-state index contributed by atoms with van der Waals surface area (Å²) in [4.78, 5) is 8.06. The van der Waals surface area contributed by atoms with Gasteiger partial charge in [0.1, 0.15) is 17.1 Å². The summed E-state index contributed by atoms with van der Waals surface area (Å²) >= 11 is 0. The van der Waals surface area contributed by atoms with Gasteiger partial charge in [-0.05, 0) is 29.8 Å². The van der Waals surface area contributed by atoms with E-state index in [1.165, 1.54) is 4.68 Å². The number of rotatable bonds is 4. The van der Waals surface area contributed by atoms with E-state index in [4.69, 9.17) is 4.74 Å². The van der Waals surface area contributed by atoms with Gasteiger partial charge in [0, 0.05) is 12.4 Å². The summed E-state index contributed by atoms with van der Waals surface area (Å²) < 4.78 is 47.5. The summed E-state index contributed by atoms with van der Waals surface area (Å²) in [6.45, 7) is 0.121. The Morgan fingerprint density at radius 3 is 2.48 bits per heavy atom. The van der Waals surface area contributed by atoms with E-state index in [9.17, 15) is 13.2 Å². The SMILES string of the molecule is COc1ccc(Cn2nc(C(F)(F)F)nc2-c2cn3ccccc3n2)cc1. The molecule has 9 heteroatoms. The van der Waals surface area contributed by atoms with E-state index in [1.54, 1.807) is 60.3 Å². The number of hydrogen-bond acceptors (Lipinski definition) is 4. The van der Waals surface area contributed by atoms with Crippen LogP contribution in [0.3, 0.4) is 0 Å². The van der Waals surface area contributed by atoms with Crippen LogP contribution in [0.25, 0.3) is 17.2 Å². The Morgan fingerprint density at radius 1 is 1.04 bits per heavy atom. The van der Waals surface area contributed by atoms with Gasteiger partial charge in [0.15, 0.2) is 5.82 Å². The van der Waals surface area contributed by atoms with Gasteiger partial charge in [-0.2, -0.15) is 13.2 Å². The van der Waals surface area contributed by atoms with Gasteiger partial charge in [0.2, 0.25) is 0 Å². The van der Waals surface area contributed by atoms with Crippen molar-refractivity contribution in [3.05, 3.63) is 66.2 Å². The first-order valence-electron chi connectivity index (χ1n) is 8.03. The summed E-state index contributed by atoms with van der Waals surface area (Å²) in [6, 6.07) is 12.4. The normalized spacial score (nSPS) is 11.9. The first-order valence-corrected chi connectivity index (χ1v) is 8.03. The molecule has 0 saturated carbocycles. The van der Waals surface area contributed by atoms with E-state index in [0.717, 1.165) is 5.56 Å². The lowest BCUT2D eigenvalue weighted by atomic mass is 10.2. The van der Waals surface area contributed by atoms with Gasteiger partial charge in [-0.3, -0.25) is 0 Å². The molecule has 0 saturated heterocycles. The van der Waals surface area contributed by atoms with Gasteiger partial charge >= 0.3 is 6.18 Å². The van der Waals surface area contributed by atoms with Crippen LogP contribution in [0.4, 0.5) is 13.2 Å². The molecule has 0 unspecified atom stereocenters. The fourth-order valence-corrected chi connectivity index (χ4v) is 2.71. The summed E-state index contributed by atoms with van der Waals surface area (Å²) in [6.07, 6.45) is -1.25. The van der Waals surface area contributed by atoms with E-state index in [2.05, 4.69) is 15.1 Å². The van der Waals surface area contributed by atoms with E-state index in [1.807, 2.05) is 6.07 Å². The van der Waals surface area contributed by atoms with Crippen LogP contribution in [0.5, 0.6) is 5.75 Å². The smallest absolute Gasteiger partial charge is 0.453 e. The number of hydrogen-bond donors (Lipinski definition) is 0. The topological polar surface area (TPSA) is 57.2 Å². The zero-order chi connectivity index (χ0) is 19.0. The van der Waals surface area contributed by atoms with E-state index < -0.39 is 12.0 Å². The summed E-state index contributed by atoms with van der Waals surface area (Å²) in [7, 11) is 1.55. The molecule has 0 atom stereocenters. The van der Waals surface area contributed by atoms with Gasteiger partial charge in [0.05, 0.1) is 13.7 Å². The van der Waals surface area contributed by atoms with Crippen LogP contribution < -0.4 is 4.74 Å². The number of alkyl halides is 3. The van der Waals surface area contributed by atoms with Gasteiger partial charge < -0.3 is 9.14 Å². The third-order valence-electron chi connectivity index (χ3n) is 4.01. The molecule has 1 aromatic carbocycles. The molecule has 0 aliphatic rings. The monoisotopic (exact) mass is 373 g/mol. The summed E-state index contributed by atoms with van der Waals surface area (Å²) in [5, 5.41) is 3.67. The second-order valence-corrected chi connectivity index (χ2v) is 5.85. The minimum Gasteiger partial charge on any atom is -0.497 e. The third kappa shape index (κ3) is 3.35. The van der Waals surface area contributed by atoms with Crippen LogP contribution in [0.15, 0.2) is 54.9 Å². The van der Waals surface area contributed by atoms with Crippen LogP contribution in [0.2, 0.25) is 0 Å². The molecule has 6 nitrogen and oxygen atoms in total. The molecule has 0 fully saturated rings. The van der Waals surface area contributed by atoms with Crippen molar-refractivity contribution in [2.24, 2.45) is 0 Å². The van der Waals surface area contributed by atoms with E-state index >= 15 is 0 Å². The largest absolute Gasteiger partial charge is 0.497 e. The molecule has 3 heterocycles. The zero-order valence-electron chi connectivity index (χ0n) is 14.2. The molecule has 0 N–H and O–H groups in total. The highest BCUT2D eigenvalue weighted by molar-refractivity contribution is 5.56. The second-order valence-electron chi connectivity index (χ2n) is 5.85. The molecular formula is C18H14F3N5O. The van der Waals surface area contributed by atoms with Crippen molar-refractivity contribution in [3.63, 3.8) is 0 Å². The van der Waals surface area contributed by atoms with Crippen LogP contribution >= 0.6 is 0 Å². The lowest BCUT2D eigenvalue weighted by molar-refractivity contribution is -0.144. The number of methoxy groups -OCH3 is 1. The number of fused-ring (bicyclic) bond motifs is 1. The molecule has 138 valence electrons. The number of benzene rings is 1. The van der Waals surface area contributed by atoms with Crippen molar-refractivity contribution in [3.8, 4) is 17.3 Å². The van der Waals surface area contributed by atoms with Crippen molar-refractivity contribution in [2.75, 3.05) is 7.11 Å².